The molecule has 90 valence electrons. The van der Waals surface area contributed by atoms with Gasteiger partial charge < -0.3 is 9.64 Å². The lowest BCUT2D eigenvalue weighted by atomic mass is 9.73. The van der Waals surface area contributed by atoms with E-state index in [1.807, 2.05) is 32.2 Å². The maximum atomic E-state index is 12.0. The van der Waals surface area contributed by atoms with E-state index >= 15 is 0 Å². The molecule has 2 aliphatic heterocycles. The Morgan fingerprint density at radius 1 is 1.41 bits per heavy atom. The Morgan fingerprint density at radius 3 is 2.88 bits per heavy atom. The van der Waals surface area contributed by atoms with E-state index in [2.05, 4.69) is 13.0 Å². The Morgan fingerprint density at radius 2 is 2.12 bits per heavy atom. The predicted molar refractivity (Wildman–Crippen MR) is 64.8 cm³/mol. The molecule has 1 aromatic carbocycles. The van der Waals surface area contributed by atoms with Crippen LogP contribution in [-0.4, -0.2) is 23.6 Å². The van der Waals surface area contributed by atoms with Crippen molar-refractivity contribution in [2.24, 2.45) is 5.92 Å². The van der Waals surface area contributed by atoms with Crippen LogP contribution in [0.5, 0.6) is 5.75 Å². The minimum absolute atomic E-state index is 0.171. The molecule has 1 aromatic rings. The lowest BCUT2D eigenvalue weighted by Gasteiger charge is -2.53. The molecule has 2 heterocycles. The van der Waals surface area contributed by atoms with Crippen LogP contribution in [0.4, 0.5) is 0 Å². The summed E-state index contributed by atoms with van der Waals surface area (Å²) in [7, 11) is 1.84. The average molecular weight is 231 g/mol. The molecule has 0 N–H and O–H groups in total. The van der Waals surface area contributed by atoms with Gasteiger partial charge in [-0.05, 0) is 18.6 Å². The Hall–Kier alpha value is -1.51. The highest BCUT2D eigenvalue weighted by molar-refractivity contribution is 5.79. The van der Waals surface area contributed by atoms with E-state index in [1.165, 1.54) is 5.56 Å². The fourth-order valence-corrected chi connectivity index (χ4v) is 3.07. The highest BCUT2D eigenvalue weighted by Crippen LogP contribution is 2.50. The molecule has 3 heteroatoms. The third-order valence-electron chi connectivity index (χ3n) is 4.52. The molecule has 0 saturated carbocycles. The molecule has 1 fully saturated rings. The van der Waals surface area contributed by atoms with E-state index in [-0.39, 0.29) is 11.8 Å². The maximum Gasteiger partial charge on any atom is 0.225 e. The monoisotopic (exact) mass is 231 g/mol. The van der Waals surface area contributed by atoms with Gasteiger partial charge in [0.1, 0.15) is 5.75 Å². The number of rotatable bonds is 0. The van der Waals surface area contributed by atoms with Gasteiger partial charge in [-0.1, -0.05) is 25.1 Å². The lowest BCUT2D eigenvalue weighted by Crippen LogP contribution is -2.62. The Balaban J connectivity index is 2.17. The molecular weight excluding hydrogens is 214 g/mol. The van der Waals surface area contributed by atoms with E-state index in [1.54, 1.807) is 4.90 Å². The second-order valence-corrected chi connectivity index (χ2v) is 5.25. The van der Waals surface area contributed by atoms with Crippen molar-refractivity contribution >= 4 is 5.91 Å². The number of hydrogen-bond donors (Lipinski definition) is 0. The van der Waals surface area contributed by atoms with Gasteiger partial charge in [-0.3, -0.25) is 4.79 Å². The van der Waals surface area contributed by atoms with Crippen molar-refractivity contribution in [3.63, 3.8) is 0 Å². The maximum absolute atomic E-state index is 12.0. The molecular formula is C14H17NO2. The van der Waals surface area contributed by atoms with Crippen molar-refractivity contribution in [2.75, 3.05) is 7.05 Å². The van der Waals surface area contributed by atoms with Crippen molar-refractivity contribution in [3.8, 4) is 5.75 Å². The summed E-state index contributed by atoms with van der Waals surface area (Å²) in [4.78, 5) is 13.8. The molecule has 0 unspecified atom stereocenters. The van der Waals surface area contributed by atoms with Crippen molar-refractivity contribution in [1.29, 1.82) is 0 Å². The van der Waals surface area contributed by atoms with E-state index in [4.69, 9.17) is 4.74 Å². The van der Waals surface area contributed by atoms with Crippen molar-refractivity contribution < 1.29 is 9.53 Å². The topological polar surface area (TPSA) is 29.5 Å². The summed E-state index contributed by atoms with van der Waals surface area (Å²) in [6.45, 7) is 4.18. The first-order valence-electron chi connectivity index (χ1n) is 6.08. The second-order valence-electron chi connectivity index (χ2n) is 5.25. The number of carbonyl (C=O) groups excluding carboxylic acids is 1. The Labute approximate surface area is 101 Å². The highest BCUT2D eigenvalue weighted by Gasteiger charge is 2.52. The van der Waals surface area contributed by atoms with Gasteiger partial charge in [0.05, 0.1) is 0 Å². The molecule has 3 rings (SSSR count). The van der Waals surface area contributed by atoms with Crippen molar-refractivity contribution in [3.05, 3.63) is 29.8 Å². The van der Waals surface area contributed by atoms with Crippen LogP contribution >= 0.6 is 0 Å². The molecule has 2 aliphatic rings. The summed E-state index contributed by atoms with van der Waals surface area (Å²) in [5, 5.41) is 0. The summed E-state index contributed by atoms with van der Waals surface area (Å²) < 4.78 is 6.09. The molecule has 17 heavy (non-hydrogen) atoms. The van der Waals surface area contributed by atoms with Gasteiger partial charge in [0.25, 0.3) is 0 Å². The largest absolute Gasteiger partial charge is 0.468 e. The summed E-state index contributed by atoms with van der Waals surface area (Å²) in [5.41, 5.74) is 0.674. The van der Waals surface area contributed by atoms with Gasteiger partial charge in [0.2, 0.25) is 5.91 Å². The van der Waals surface area contributed by atoms with Crippen LogP contribution in [0.1, 0.15) is 31.7 Å². The van der Waals surface area contributed by atoms with Crippen LogP contribution in [-0.2, 0) is 4.79 Å². The van der Waals surface area contributed by atoms with Crippen molar-refractivity contribution in [2.45, 2.75) is 31.9 Å². The second kappa shape index (κ2) is 3.25. The molecule has 2 bridgehead atoms. The predicted octanol–water partition coefficient (Wildman–Crippen LogP) is 2.38. The Kier molecular flexibility index (Phi) is 2.03. The van der Waals surface area contributed by atoms with E-state index < -0.39 is 5.72 Å². The van der Waals surface area contributed by atoms with Crippen LogP contribution in [0.3, 0.4) is 0 Å². The van der Waals surface area contributed by atoms with E-state index in [9.17, 15) is 4.79 Å². The average Bonchev–Trinajstić information content (AvgIpc) is 2.32. The zero-order valence-electron chi connectivity index (χ0n) is 10.4. The summed E-state index contributed by atoms with van der Waals surface area (Å²) in [6, 6.07) is 8.07. The number of likely N-dealkylation sites (tertiary alicyclic amines) is 1. The SMILES string of the molecule is C[C@@H]1[C@H]2CC(=O)N(C)[C@]1(C)Oc1ccccc12. The zero-order valence-corrected chi connectivity index (χ0v) is 10.4. The van der Waals surface area contributed by atoms with Crippen LogP contribution in [0, 0.1) is 5.92 Å². The standard InChI is InChI=1S/C14H17NO2/c1-9-11-8-13(16)15(3)14(9,2)17-12-7-5-4-6-10(11)12/h4-7,9,11H,8H2,1-3H3/t9-,11-,14-/m1/s1. The Bertz CT molecular complexity index is 485. The van der Waals surface area contributed by atoms with Gasteiger partial charge in [0, 0.05) is 25.3 Å². The number of piperidine rings is 1. The van der Waals surface area contributed by atoms with Gasteiger partial charge >= 0.3 is 0 Å². The number of amides is 1. The number of hydrogen-bond acceptors (Lipinski definition) is 2. The van der Waals surface area contributed by atoms with Crippen LogP contribution in [0.2, 0.25) is 0 Å². The molecule has 1 amide bonds. The summed E-state index contributed by atoms with van der Waals surface area (Å²) in [6.07, 6.45) is 0.591. The number of fused-ring (bicyclic) bond motifs is 4. The van der Waals surface area contributed by atoms with Gasteiger partial charge in [-0.15, -0.1) is 0 Å². The molecule has 0 radical (unpaired) electrons. The first-order valence-corrected chi connectivity index (χ1v) is 6.08. The van der Waals surface area contributed by atoms with E-state index in [0.717, 1.165) is 5.75 Å². The quantitative estimate of drug-likeness (QED) is 0.686. The molecule has 0 aliphatic carbocycles. The molecule has 3 nitrogen and oxygen atoms in total. The minimum atomic E-state index is -0.506. The number of ether oxygens (including phenoxy) is 1. The number of para-hydroxylation sites is 1. The van der Waals surface area contributed by atoms with E-state index in [0.29, 0.717) is 12.3 Å². The van der Waals surface area contributed by atoms with Crippen molar-refractivity contribution in [1.82, 2.24) is 4.90 Å². The smallest absolute Gasteiger partial charge is 0.225 e. The minimum Gasteiger partial charge on any atom is -0.468 e. The van der Waals surface area contributed by atoms with Crippen LogP contribution in [0.15, 0.2) is 24.3 Å². The molecule has 0 spiro atoms. The first kappa shape index (κ1) is 10.6. The third kappa shape index (κ3) is 1.25. The molecule has 0 aromatic heterocycles. The van der Waals surface area contributed by atoms with Gasteiger partial charge in [0.15, 0.2) is 5.72 Å². The molecule has 3 atom stereocenters. The highest BCUT2D eigenvalue weighted by atomic mass is 16.5. The normalized spacial score (nSPS) is 35.2. The fraction of sp³-hybridized carbons (Fsp3) is 0.500. The zero-order chi connectivity index (χ0) is 12.2. The fourth-order valence-electron chi connectivity index (χ4n) is 3.07. The number of nitrogens with zero attached hydrogens (tertiary/aromatic N) is 1. The van der Waals surface area contributed by atoms with Crippen LogP contribution < -0.4 is 4.74 Å². The number of carbonyl (C=O) groups is 1. The summed E-state index contributed by atoms with van der Waals surface area (Å²) >= 11 is 0. The third-order valence-corrected chi connectivity index (χ3v) is 4.52. The van der Waals surface area contributed by atoms with Gasteiger partial charge in [-0.2, -0.15) is 0 Å². The summed E-state index contributed by atoms with van der Waals surface area (Å²) in [5.74, 6) is 1.70. The first-order chi connectivity index (χ1) is 8.04. The van der Waals surface area contributed by atoms with Crippen LogP contribution in [0.25, 0.3) is 0 Å². The number of benzene rings is 1. The van der Waals surface area contributed by atoms with Gasteiger partial charge in [-0.25, -0.2) is 0 Å². The lowest BCUT2D eigenvalue weighted by molar-refractivity contribution is -0.173. The molecule has 1 saturated heterocycles.